The van der Waals surface area contributed by atoms with Crippen LogP contribution in [0.5, 0.6) is 0 Å². The van der Waals surface area contributed by atoms with Gasteiger partial charge in [-0.25, -0.2) is 4.98 Å². The molecule has 0 spiro atoms. The quantitative estimate of drug-likeness (QED) is 0.657. The summed E-state index contributed by atoms with van der Waals surface area (Å²) in [5, 5.41) is 9.64. The van der Waals surface area contributed by atoms with E-state index < -0.39 is 0 Å². The molecule has 1 atom stereocenters. The minimum atomic E-state index is 0.0145. The number of aromatic nitrogens is 3. The van der Waals surface area contributed by atoms with E-state index in [9.17, 15) is 4.79 Å². The molecule has 0 aromatic carbocycles. The highest BCUT2D eigenvalue weighted by Crippen LogP contribution is 2.36. The van der Waals surface area contributed by atoms with Crippen LogP contribution in [0.2, 0.25) is 0 Å². The monoisotopic (exact) mass is 364 g/mol. The number of pyridine rings is 1. The highest BCUT2D eigenvalue weighted by Gasteiger charge is 2.25. The molecule has 3 aromatic heterocycles. The molecule has 0 amide bonds. The van der Waals surface area contributed by atoms with Gasteiger partial charge < -0.3 is 0 Å². The van der Waals surface area contributed by atoms with Gasteiger partial charge in [-0.05, 0) is 49.3 Å². The fraction of sp³-hybridized carbons (Fsp3) is 0.400. The zero-order valence-electron chi connectivity index (χ0n) is 14.7. The molecule has 1 unspecified atom stereocenters. The minimum Gasteiger partial charge on any atom is -0.291 e. The topological polar surface area (TPSA) is 71.6 Å². The maximum atomic E-state index is 13.4. The van der Waals surface area contributed by atoms with E-state index in [-0.39, 0.29) is 5.56 Å². The maximum Gasteiger partial charge on any atom is 0.262 e. The number of thiophene rings is 1. The van der Waals surface area contributed by atoms with Crippen molar-refractivity contribution in [3.05, 3.63) is 45.2 Å². The minimum absolute atomic E-state index is 0.0145. The molecule has 0 fully saturated rings. The van der Waals surface area contributed by atoms with Gasteiger partial charge in [0.1, 0.15) is 10.5 Å². The summed E-state index contributed by atoms with van der Waals surface area (Å²) in [4.78, 5) is 24.7. The van der Waals surface area contributed by atoms with E-state index in [4.69, 9.17) is 10.2 Å². The van der Waals surface area contributed by atoms with Crippen LogP contribution in [0.1, 0.15) is 36.6 Å². The normalized spacial score (nSPS) is 16.4. The van der Waals surface area contributed by atoms with Crippen molar-refractivity contribution < 1.29 is 0 Å². The van der Waals surface area contributed by atoms with Crippen molar-refractivity contribution in [2.24, 2.45) is 5.92 Å². The Balaban J connectivity index is 1.93. The van der Waals surface area contributed by atoms with Crippen LogP contribution >= 0.6 is 11.3 Å². The largest absolute Gasteiger partial charge is 0.291 e. The molecule has 0 bridgehead atoms. The lowest BCUT2D eigenvalue weighted by Gasteiger charge is -2.17. The molecule has 4 rings (SSSR count). The Morgan fingerprint density at radius 1 is 1.42 bits per heavy atom. The van der Waals surface area contributed by atoms with Gasteiger partial charge in [-0.3, -0.25) is 14.3 Å². The lowest BCUT2D eigenvalue weighted by molar-refractivity contribution is 0.509. The molecule has 3 aromatic rings. The van der Waals surface area contributed by atoms with Crippen LogP contribution in [0.3, 0.4) is 0 Å². The predicted molar refractivity (Wildman–Crippen MR) is 103 cm³/mol. The molecule has 1 aliphatic rings. The molecule has 0 aliphatic heterocycles. The van der Waals surface area contributed by atoms with Crippen LogP contribution in [0.15, 0.2) is 29.2 Å². The third-order valence-electron chi connectivity index (χ3n) is 4.98. The first kappa shape index (κ1) is 16.9. The average molecular weight is 364 g/mol. The molecule has 0 saturated heterocycles. The molecular formula is C20H20N4OS. The summed E-state index contributed by atoms with van der Waals surface area (Å²) in [7, 11) is 0. The second-order valence-corrected chi connectivity index (χ2v) is 7.98. The van der Waals surface area contributed by atoms with Crippen molar-refractivity contribution in [1.29, 1.82) is 5.26 Å². The van der Waals surface area contributed by atoms with Gasteiger partial charge in [-0.15, -0.1) is 11.3 Å². The maximum absolute atomic E-state index is 13.4. The lowest BCUT2D eigenvalue weighted by Crippen LogP contribution is -2.24. The van der Waals surface area contributed by atoms with E-state index in [0.717, 1.165) is 29.5 Å². The predicted octanol–water partition coefficient (Wildman–Crippen LogP) is 3.95. The van der Waals surface area contributed by atoms with Crippen molar-refractivity contribution in [3.63, 3.8) is 0 Å². The first-order valence-electron chi connectivity index (χ1n) is 9.02. The standard InChI is InChI=1S/C20H20N4OS/c1-13-7-8-14-16(12-13)26-19-17(14)20(25)24(11-5-3-9-21)18(23-19)15-6-2-4-10-22-15/h2,4,6,10,13H,3,5,7-8,11-12H2,1H3. The molecule has 0 saturated carbocycles. The lowest BCUT2D eigenvalue weighted by atomic mass is 9.89. The molecule has 6 heteroatoms. The molecule has 0 N–H and O–H groups in total. The van der Waals surface area contributed by atoms with Crippen LogP contribution < -0.4 is 5.56 Å². The van der Waals surface area contributed by atoms with E-state index in [2.05, 4.69) is 18.0 Å². The number of hydrogen-bond acceptors (Lipinski definition) is 5. The number of aryl methyl sites for hydroxylation is 1. The Hall–Kier alpha value is -2.52. The second kappa shape index (κ2) is 7.00. The van der Waals surface area contributed by atoms with Gasteiger partial charge in [0, 0.05) is 24.0 Å². The van der Waals surface area contributed by atoms with E-state index in [1.165, 1.54) is 10.4 Å². The van der Waals surface area contributed by atoms with Gasteiger partial charge in [-0.2, -0.15) is 5.26 Å². The third kappa shape index (κ3) is 2.93. The van der Waals surface area contributed by atoms with E-state index >= 15 is 0 Å². The summed E-state index contributed by atoms with van der Waals surface area (Å²) in [5.41, 5.74) is 1.91. The van der Waals surface area contributed by atoms with Gasteiger partial charge in [0.2, 0.25) is 0 Å². The van der Waals surface area contributed by atoms with Crippen molar-refractivity contribution in [1.82, 2.24) is 14.5 Å². The Morgan fingerprint density at radius 3 is 3.08 bits per heavy atom. The number of unbranched alkanes of at least 4 members (excludes halogenated alkanes) is 1. The van der Waals surface area contributed by atoms with Gasteiger partial charge in [-0.1, -0.05) is 13.0 Å². The van der Waals surface area contributed by atoms with E-state index in [0.29, 0.717) is 36.8 Å². The van der Waals surface area contributed by atoms with Crippen LogP contribution in [-0.2, 0) is 19.4 Å². The molecule has 0 radical (unpaired) electrons. The SMILES string of the molecule is CC1CCc2c(sc3nc(-c4ccccn4)n(CCCC#N)c(=O)c23)C1. The zero-order chi connectivity index (χ0) is 18.1. The summed E-state index contributed by atoms with van der Waals surface area (Å²) < 4.78 is 1.72. The summed E-state index contributed by atoms with van der Waals surface area (Å²) in [6, 6.07) is 7.79. The van der Waals surface area contributed by atoms with Crippen LogP contribution in [0, 0.1) is 17.2 Å². The van der Waals surface area contributed by atoms with Crippen LogP contribution in [0.4, 0.5) is 0 Å². The highest BCUT2D eigenvalue weighted by atomic mass is 32.1. The van der Waals surface area contributed by atoms with Crippen molar-refractivity contribution in [3.8, 4) is 17.6 Å². The number of fused-ring (bicyclic) bond motifs is 3. The number of nitrogens with zero attached hydrogens (tertiary/aromatic N) is 4. The number of hydrogen-bond donors (Lipinski definition) is 0. The Kier molecular flexibility index (Phi) is 4.56. The number of rotatable bonds is 4. The van der Waals surface area contributed by atoms with Crippen molar-refractivity contribution >= 4 is 21.6 Å². The fourth-order valence-electron chi connectivity index (χ4n) is 3.64. The molecule has 5 nitrogen and oxygen atoms in total. The molecule has 3 heterocycles. The van der Waals surface area contributed by atoms with Crippen molar-refractivity contribution in [2.75, 3.05) is 0 Å². The first-order valence-corrected chi connectivity index (χ1v) is 9.84. The van der Waals surface area contributed by atoms with Gasteiger partial charge >= 0.3 is 0 Å². The summed E-state index contributed by atoms with van der Waals surface area (Å²) in [5.74, 6) is 1.26. The summed E-state index contributed by atoms with van der Waals surface area (Å²) >= 11 is 1.66. The molecule has 132 valence electrons. The molecule has 26 heavy (non-hydrogen) atoms. The van der Waals surface area contributed by atoms with Gasteiger partial charge in [0.05, 0.1) is 11.5 Å². The molecule has 1 aliphatic carbocycles. The molecular weight excluding hydrogens is 344 g/mol. The summed E-state index contributed by atoms with van der Waals surface area (Å²) in [6.07, 6.45) is 5.87. The van der Waals surface area contributed by atoms with E-state index in [1.807, 2.05) is 18.2 Å². The Morgan fingerprint density at radius 2 is 2.31 bits per heavy atom. The van der Waals surface area contributed by atoms with Gasteiger partial charge in [0.25, 0.3) is 5.56 Å². The van der Waals surface area contributed by atoms with Gasteiger partial charge in [0.15, 0.2) is 5.82 Å². The van der Waals surface area contributed by atoms with Crippen LogP contribution in [-0.4, -0.2) is 14.5 Å². The smallest absolute Gasteiger partial charge is 0.262 e. The summed E-state index contributed by atoms with van der Waals surface area (Å²) in [6.45, 7) is 2.75. The van der Waals surface area contributed by atoms with Crippen molar-refractivity contribution in [2.45, 2.75) is 45.6 Å². The average Bonchev–Trinajstić information content (AvgIpc) is 3.01. The third-order valence-corrected chi connectivity index (χ3v) is 6.13. The second-order valence-electron chi connectivity index (χ2n) is 6.90. The number of nitriles is 1. The zero-order valence-corrected chi connectivity index (χ0v) is 15.6. The first-order chi connectivity index (χ1) is 12.7. The van der Waals surface area contributed by atoms with E-state index in [1.54, 1.807) is 22.1 Å². The highest BCUT2D eigenvalue weighted by molar-refractivity contribution is 7.18. The Bertz CT molecular complexity index is 1050. The van der Waals surface area contributed by atoms with Crippen LogP contribution in [0.25, 0.3) is 21.7 Å². The Labute approximate surface area is 156 Å². The fourth-order valence-corrected chi connectivity index (χ4v) is 5.01.